The van der Waals surface area contributed by atoms with Crippen molar-refractivity contribution in [3.05, 3.63) is 17.5 Å². The van der Waals surface area contributed by atoms with Crippen LogP contribution in [0, 0.1) is 12.8 Å². The second-order valence-electron chi connectivity index (χ2n) is 4.77. The van der Waals surface area contributed by atoms with E-state index in [4.69, 9.17) is 11.6 Å². The Kier molecular flexibility index (Phi) is 3.87. The van der Waals surface area contributed by atoms with Gasteiger partial charge in [0, 0.05) is 19.5 Å². The van der Waals surface area contributed by atoms with Crippen LogP contribution in [0.25, 0.3) is 0 Å². The van der Waals surface area contributed by atoms with Crippen molar-refractivity contribution >= 4 is 11.6 Å². The number of aromatic nitrogens is 2. The number of piperidine rings is 1. The van der Waals surface area contributed by atoms with Gasteiger partial charge in [0.25, 0.3) is 0 Å². The Morgan fingerprint density at radius 2 is 2.12 bits per heavy atom. The summed E-state index contributed by atoms with van der Waals surface area (Å²) in [4.78, 5) is 2.50. The number of alkyl halides is 1. The van der Waals surface area contributed by atoms with Crippen molar-refractivity contribution in [1.29, 1.82) is 0 Å². The molecule has 3 nitrogen and oxygen atoms in total. The van der Waals surface area contributed by atoms with Gasteiger partial charge < -0.3 is 0 Å². The summed E-state index contributed by atoms with van der Waals surface area (Å²) >= 11 is 5.88. The average molecular weight is 242 g/mol. The van der Waals surface area contributed by atoms with E-state index in [1.165, 1.54) is 31.6 Å². The van der Waals surface area contributed by atoms with Gasteiger partial charge in [0.15, 0.2) is 0 Å². The molecule has 1 aliphatic heterocycles. The number of hydrogen-bond donors (Lipinski definition) is 0. The van der Waals surface area contributed by atoms with Crippen molar-refractivity contribution in [2.24, 2.45) is 13.0 Å². The van der Waals surface area contributed by atoms with E-state index in [1.807, 2.05) is 18.7 Å². The third-order valence-electron chi connectivity index (χ3n) is 3.41. The molecule has 0 aromatic carbocycles. The molecule has 16 heavy (non-hydrogen) atoms. The molecule has 2 rings (SSSR count). The van der Waals surface area contributed by atoms with Crippen molar-refractivity contribution in [3.63, 3.8) is 0 Å². The lowest BCUT2D eigenvalue weighted by Crippen LogP contribution is -2.34. The van der Waals surface area contributed by atoms with Gasteiger partial charge in [-0.25, -0.2) is 0 Å². The summed E-state index contributed by atoms with van der Waals surface area (Å²) in [5.41, 5.74) is 2.41. The molecular formula is C12H20ClN3. The largest absolute Gasteiger partial charge is 0.298 e. The van der Waals surface area contributed by atoms with E-state index >= 15 is 0 Å². The maximum atomic E-state index is 5.88. The van der Waals surface area contributed by atoms with Crippen molar-refractivity contribution < 1.29 is 0 Å². The Hall–Kier alpha value is -0.540. The van der Waals surface area contributed by atoms with Gasteiger partial charge in [-0.2, -0.15) is 5.10 Å². The summed E-state index contributed by atoms with van der Waals surface area (Å²) in [6.45, 7) is 5.40. The Morgan fingerprint density at radius 1 is 1.44 bits per heavy atom. The van der Waals surface area contributed by atoms with Crippen LogP contribution in [0.2, 0.25) is 0 Å². The monoisotopic (exact) mass is 241 g/mol. The van der Waals surface area contributed by atoms with Crippen molar-refractivity contribution in [2.75, 3.05) is 19.0 Å². The van der Waals surface area contributed by atoms with E-state index in [0.717, 1.165) is 24.0 Å². The summed E-state index contributed by atoms with van der Waals surface area (Å²) in [5, 5.41) is 4.38. The first-order valence-corrected chi connectivity index (χ1v) is 6.50. The van der Waals surface area contributed by atoms with Gasteiger partial charge in [-0.15, -0.1) is 11.6 Å². The van der Waals surface area contributed by atoms with Crippen LogP contribution in [-0.2, 0) is 13.6 Å². The first-order chi connectivity index (χ1) is 7.69. The average Bonchev–Trinajstić information content (AvgIpc) is 2.59. The topological polar surface area (TPSA) is 21.1 Å². The highest BCUT2D eigenvalue weighted by molar-refractivity contribution is 6.18. The van der Waals surface area contributed by atoms with Crippen molar-refractivity contribution in [3.8, 4) is 0 Å². The zero-order valence-electron chi connectivity index (χ0n) is 10.1. The summed E-state index contributed by atoms with van der Waals surface area (Å²) < 4.78 is 1.99. The lowest BCUT2D eigenvalue weighted by Gasteiger charge is -2.30. The highest BCUT2D eigenvalue weighted by Crippen LogP contribution is 2.19. The van der Waals surface area contributed by atoms with E-state index < -0.39 is 0 Å². The van der Waals surface area contributed by atoms with Gasteiger partial charge in [-0.05, 0) is 44.8 Å². The lowest BCUT2D eigenvalue weighted by atomic mass is 9.99. The predicted molar refractivity (Wildman–Crippen MR) is 66.7 cm³/mol. The Morgan fingerprint density at radius 3 is 2.62 bits per heavy atom. The van der Waals surface area contributed by atoms with Crippen LogP contribution in [-0.4, -0.2) is 33.6 Å². The van der Waals surface area contributed by atoms with Gasteiger partial charge in [-0.3, -0.25) is 9.58 Å². The quantitative estimate of drug-likeness (QED) is 0.757. The molecule has 1 aromatic heterocycles. The van der Waals surface area contributed by atoms with Crippen LogP contribution < -0.4 is 0 Å². The zero-order valence-corrected chi connectivity index (χ0v) is 10.9. The van der Waals surface area contributed by atoms with E-state index in [2.05, 4.69) is 16.1 Å². The van der Waals surface area contributed by atoms with E-state index in [0.29, 0.717) is 0 Å². The molecule has 0 aliphatic carbocycles. The molecule has 2 heterocycles. The molecule has 0 amide bonds. The minimum absolute atomic E-state index is 0.728. The first-order valence-electron chi connectivity index (χ1n) is 5.97. The number of likely N-dealkylation sites (tertiary alicyclic amines) is 1. The Balaban J connectivity index is 1.89. The molecular weight excluding hydrogens is 222 g/mol. The molecule has 0 bridgehead atoms. The summed E-state index contributed by atoms with van der Waals surface area (Å²) in [7, 11) is 2.02. The smallest absolute Gasteiger partial charge is 0.0597 e. The molecule has 0 radical (unpaired) electrons. The zero-order chi connectivity index (χ0) is 11.5. The highest BCUT2D eigenvalue weighted by Gasteiger charge is 2.19. The van der Waals surface area contributed by atoms with Gasteiger partial charge in [-0.1, -0.05) is 0 Å². The molecule has 1 saturated heterocycles. The number of hydrogen-bond acceptors (Lipinski definition) is 2. The fraction of sp³-hybridized carbons (Fsp3) is 0.750. The van der Waals surface area contributed by atoms with Crippen LogP contribution >= 0.6 is 11.6 Å². The number of aryl methyl sites for hydroxylation is 2. The minimum atomic E-state index is 0.728. The summed E-state index contributed by atoms with van der Waals surface area (Å²) in [6.07, 6.45) is 2.47. The maximum absolute atomic E-state index is 5.88. The molecule has 1 aliphatic rings. The second-order valence-corrected chi connectivity index (χ2v) is 5.08. The maximum Gasteiger partial charge on any atom is 0.0597 e. The van der Waals surface area contributed by atoms with E-state index in [-0.39, 0.29) is 0 Å². The standard InChI is InChI=1S/C12H20ClN3/c1-10-7-12(15(2)14-10)9-16-5-3-11(8-13)4-6-16/h7,11H,3-6,8-9H2,1-2H3. The number of nitrogens with zero attached hydrogens (tertiary/aromatic N) is 3. The Labute approximate surface area is 102 Å². The Bertz CT molecular complexity index is 340. The minimum Gasteiger partial charge on any atom is -0.298 e. The van der Waals surface area contributed by atoms with Gasteiger partial charge in [0.2, 0.25) is 0 Å². The van der Waals surface area contributed by atoms with Gasteiger partial charge in [0.05, 0.1) is 11.4 Å². The molecule has 4 heteroatoms. The molecule has 0 atom stereocenters. The van der Waals surface area contributed by atoms with E-state index in [9.17, 15) is 0 Å². The molecule has 1 fully saturated rings. The molecule has 0 saturated carbocycles. The van der Waals surface area contributed by atoms with Crippen LogP contribution in [0.4, 0.5) is 0 Å². The highest BCUT2D eigenvalue weighted by atomic mass is 35.5. The summed E-state index contributed by atoms with van der Waals surface area (Å²) in [5.74, 6) is 1.55. The third-order valence-corrected chi connectivity index (χ3v) is 3.85. The normalized spacial score (nSPS) is 19.2. The van der Waals surface area contributed by atoms with E-state index in [1.54, 1.807) is 0 Å². The fourth-order valence-electron chi connectivity index (χ4n) is 2.34. The van der Waals surface area contributed by atoms with Gasteiger partial charge in [0.1, 0.15) is 0 Å². The van der Waals surface area contributed by atoms with Crippen LogP contribution in [0.1, 0.15) is 24.2 Å². The van der Waals surface area contributed by atoms with Crippen LogP contribution in [0.5, 0.6) is 0 Å². The molecule has 0 spiro atoms. The lowest BCUT2D eigenvalue weighted by molar-refractivity contribution is 0.182. The molecule has 90 valence electrons. The number of halogens is 1. The molecule has 1 aromatic rings. The van der Waals surface area contributed by atoms with Crippen molar-refractivity contribution in [2.45, 2.75) is 26.3 Å². The molecule has 0 unspecified atom stereocenters. The second kappa shape index (κ2) is 5.19. The van der Waals surface area contributed by atoms with Crippen LogP contribution in [0.3, 0.4) is 0 Å². The summed E-state index contributed by atoms with van der Waals surface area (Å²) in [6, 6.07) is 2.17. The fourth-order valence-corrected chi connectivity index (χ4v) is 2.65. The third kappa shape index (κ3) is 2.77. The van der Waals surface area contributed by atoms with Crippen molar-refractivity contribution in [1.82, 2.24) is 14.7 Å². The van der Waals surface area contributed by atoms with Crippen LogP contribution in [0.15, 0.2) is 6.07 Å². The van der Waals surface area contributed by atoms with Gasteiger partial charge >= 0.3 is 0 Å². The SMILES string of the molecule is Cc1cc(CN2CCC(CCl)CC2)n(C)n1. The molecule has 0 N–H and O–H groups in total. The number of rotatable bonds is 3. The first kappa shape index (κ1) is 11.9. The predicted octanol–water partition coefficient (Wildman–Crippen LogP) is 2.18.